The van der Waals surface area contributed by atoms with Gasteiger partial charge >= 0.3 is 0 Å². The fourth-order valence-corrected chi connectivity index (χ4v) is 1.69. The Hall–Kier alpha value is -1.02. The van der Waals surface area contributed by atoms with Crippen molar-refractivity contribution in [3.63, 3.8) is 0 Å². The normalized spacial score (nSPS) is 10.8. The Bertz CT molecular complexity index is 321. The third-order valence-electron chi connectivity index (χ3n) is 2.62. The number of ether oxygens (including phenoxy) is 1. The second-order valence-corrected chi connectivity index (χ2v) is 4.52. The molecule has 2 nitrogen and oxygen atoms in total. The molecular weight excluding hydrogens is 198 g/mol. The molecule has 16 heavy (non-hydrogen) atoms. The van der Waals surface area contributed by atoms with E-state index in [0.717, 1.165) is 25.3 Å². The molecule has 0 bridgehead atoms. The van der Waals surface area contributed by atoms with Crippen LogP contribution >= 0.6 is 0 Å². The Balaban J connectivity index is 2.67. The highest BCUT2D eigenvalue weighted by Crippen LogP contribution is 2.20. The Morgan fingerprint density at radius 2 is 2.06 bits per heavy atom. The van der Waals surface area contributed by atoms with Crippen LogP contribution in [0.4, 0.5) is 0 Å². The average Bonchev–Trinajstić information content (AvgIpc) is 2.28. The van der Waals surface area contributed by atoms with Gasteiger partial charge in [0.15, 0.2) is 0 Å². The van der Waals surface area contributed by atoms with Crippen LogP contribution in [0.2, 0.25) is 0 Å². The van der Waals surface area contributed by atoms with E-state index in [4.69, 9.17) is 4.74 Å². The van der Waals surface area contributed by atoms with Crippen LogP contribution in [0.25, 0.3) is 0 Å². The van der Waals surface area contributed by atoms with Crippen LogP contribution < -0.4 is 10.1 Å². The molecule has 0 saturated heterocycles. The van der Waals surface area contributed by atoms with Gasteiger partial charge in [0.25, 0.3) is 0 Å². The van der Waals surface area contributed by atoms with Gasteiger partial charge in [-0.05, 0) is 30.5 Å². The third kappa shape index (κ3) is 3.86. The van der Waals surface area contributed by atoms with Crippen LogP contribution in [0.15, 0.2) is 18.2 Å². The lowest BCUT2D eigenvalue weighted by atomic mass is 10.1. The van der Waals surface area contributed by atoms with Crippen LogP contribution in [0.5, 0.6) is 5.75 Å². The van der Waals surface area contributed by atoms with Gasteiger partial charge < -0.3 is 10.1 Å². The number of nitrogens with one attached hydrogen (secondary N) is 1. The summed E-state index contributed by atoms with van der Waals surface area (Å²) >= 11 is 0. The van der Waals surface area contributed by atoms with E-state index in [2.05, 4.69) is 44.3 Å². The fraction of sp³-hybridized carbons (Fsp3) is 0.571. The predicted molar refractivity (Wildman–Crippen MR) is 68.9 cm³/mol. The SMILES string of the molecule is CCc1ccc(OC)c(CNCC(C)C)c1. The van der Waals surface area contributed by atoms with Crippen molar-refractivity contribution in [3.8, 4) is 5.75 Å². The highest BCUT2D eigenvalue weighted by atomic mass is 16.5. The average molecular weight is 221 g/mol. The predicted octanol–water partition coefficient (Wildman–Crippen LogP) is 3.00. The molecule has 0 heterocycles. The largest absolute Gasteiger partial charge is 0.496 e. The third-order valence-corrected chi connectivity index (χ3v) is 2.62. The summed E-state index contributed by atoms with van der Waals surface area (Å²) in [7, 11) is 1.73. The maximum atomic E-state index is 5.36. The van der Waals surface area contributed by atoms with E-state index in [0.29, 0.717) is 5.92 Å². The zero-order valence-electron chi connectivity index (χ0n) is 10.8. The van der Waals surface area contributed by atoms with Crippen molar-refractivity contribution in [2.45, 2.75) is 33.7 Å². The molecule has 0 saturated carbocycles. The van der Waals surface area contributed by atoms with Gasteiger partial charge in [-0.15, -0.1) is 0 Å². The van der Waals surface area contributed by atoms with E-state index in [1.807, 2.05) is 0 Å². The van der Waals surface area contributed by atoms with Crippen molar-refractivity contribution in [3.05, 3.63) is 29.3 Å². The Labute approximate surface area is 99.0 Å². The van der Waals surface area contributed by atoms with Crippen LogP contribution in [-0.2, 0) is 13.0 Å². The van der Waals surface area contributed by atoms with Crippen molar-refractivity contribution >= 4 is 0 Å². The van der Waals surface area contributed by atoms with Crippen molar-refractivity contribution in [1.29, 1.82) is 0 Å². The number of hydrogen-bond donors (Lipinski definition) is 1. The Morgan fingerprint density at radius 1 is 1.31 bits per heavy atom. The minimum Gasteiger partial charge on any atom is -0.496 e. The lowest BCUT2D eigenvalue weighted by molar-refractivity contribution is 0.406. The molecule has 0 atom stereocenters. The second-order valence-electron chi connectivity index (χ2n) is 4.52. The standard InChI is InChI=1S/C14H23NO/c1-5-12-6-7-14(16-4)13(8-12)10-15-9-11(2)3/h6-8,11,15H,5,9-10H2,1-4H3. The van der Waals surface area contributed by atoms with Crippen LogP contribution in [-0.4, -0.2) is 13.7 Å². The quantitative estimate of drug-likeness (QED) is 0.797. The van der Waals surface area contributed by atoms with E-state index in [1.165, 1.54) is 11.1 Å². The first-order valence-electron chi connectivity index (χ1n) is 6.03. The molecule has 1 rings (SSSR count). The van der Waals surface area contributed by atoms with Gasteiger partial charge in [-0.2, -0.15) is 0 Å². The summed E-state index contributed by atoms with van der Waals surface area (Å²) < 4.78 is 5.36. The van der Waals surface area contributed by atoms with Gasteiger partial charge in [0.05, 0.1) is 7.11 Å². The Morgan fingerprint density at radius 3 is 2.62 bits per heavy atom. The summed E-state index contributed by atoms with van der Waals surface area (Å²) in [5.74, 6) is 1.66. The van der Waals surface area contributed by atoms with Crippen molar-refractivity contribution in [2.75, 3.05) is 13.7 Å². The highest BCUT2D eigenvalue weighted by molar-refractivity contribution is 5.37. The molecular formula is C14H23NO. The minimum absolute atomic E-state index is 0.681. The number of rotatable bonds is 6. The first kappa shape index (κ1) is 13.0. The maximum absolute atomic E-state index is 5.36. The molecule has 0 aromatic heterocycles. The monoisotopic (exact) mass is 221 g/mol. The minimum atomic E-state index is 0.681. The van der Waals surface area contributed by atoms with Gasteiger partial charge in [0.1, 0.15) is 5.75 Å². The molecule has 0 unspecified atom stereocenters. The number of methoxy groups -OCH3 is 1. The first-order valence-corrected chi connectivity index (χ1v) is 6.03. The van der Waals surface area contributed by atoms with Crippen LogP contribution in [0, 0.1) is 5.92 Å². The van der Waals surface area contributed by atoms with Crippen molar-refractivity contribution < 1.29 is 4.74 Å². The molecule has 0 amide bonds. The molecule has 0 aliphatic carbocycles. The maximum Gasteiger partial charge on any atom is 0.123 e. The molecule has 1 N–H and O–H groups in total. The number of hydrogen-bond acceptors (Lipinski definition) is 2. The summed E-state index contributed by atoms with van der Waals surface area (Å²) in [5, 5.41) is 3.45. The number of aryl methyl sites for hydroxylation is 1. The molecule has 1 aromatic carbocycles. The zero-order chi connectivity index (χ0) is 12.0. The molecule has 0 aliphatic heterocycles. The molecule has 0 radical (unpaired) electrons. The lowest BCUT2D eigenvalue weighted by Crippen LogP contribution is -2.19. The van der Waals surface area contributed by atoms with Gasteiger partial charge in [-0.25, -0.2) is 0 Å². The van der Waals surface area contributed by atoms with E-state index in [9.17, 15) is 0 Å². The first-order chi connectivity index (χ1) is 7.67. The van der Waals surface area contributed by atoms with E-state index >= 15 is 0 Å². The van der Waals surface area contributed by atoms with E-state index in [-0.39, 0.29) is 0 Å². The summed E-state index contributed by atoms with van der Waals surface area (Å²) in [6.07, 6.45) is 1.07. The van der Waals surface area contributed by atoms with Crippen LogP contribution in [0.1, 0.15) is 31.9 Å². The number of benzene rings is 1. The summed E-state index contributed by atoms with van der Waals surface area (Å²) in [6, 6.07) is 6.42. The molecule has 0 fully saturated rings. The smallest absolute Gasteiger partial charge is 0.123 e. The molecule has 0 spiro atoms. The zero-order valence-corrected chi connectivity index (χ0v) is 10.8. The summed E-state index contributed by atoms with van der Waals surface area (Å²) in [6.45, 7) is 8.53. The highest BCUT2D eigenvalue weighted by Gasteiger charge is 2.03. The fourth-order valence-electron chi connectivity index (χ4n) is 1.69. The molecule has 1 aromatic rings. The molecule has 0 aliphatic rings. The van der Waals surface area contributed by atoms with Crippen molar-refractivity contribution in [1.82, 2.24) is 5.32 Å². The lowest BCUT2D eigenvalue weighted by Gasteiger charge is -2.12. The van der Waals surface area contributed by atoms with Gasteiger partial charge in [-0.3, -0.25) is 0 Å². The molecule has 2 heteroatoms. The topological polar surface area (TPSA) is 21.3 Å². The van der Waals surface area contributed by atoms with E-state index < -0.39 is 0 Å². The summed E-state index contributed by atoms with van der Waals surface area (Å²) in [4.78, 5) is 0. The van der Waals surface area contributed by atoms with Crippen molar-refractivity contribution in [2.24, 2.45) is 5.92 Å². The second kappa shape index (κ2) is 6.54. The van der Waals surface area contributed by atoms with Crippen LogP contribution in [0.3, 0.4) is 0 Å². The Kier molecular flexibility index (Phi) is 5.33. The summed E-state index contributed by atoms with van der Waals surface area (Å²) in [5.41, 5.74) is 2.62. The van der Waals surface area contributed by atoms with Gasteiger partial charge in [-0.1, -0.05) is 32.9 Å². The molecule has 90 valence electrons. The van der Waals surface area contributed by atoms with E-state index in [1.54, 1.807) is 7.11 Å². The van der Waals surface area contributed by atoms with Gasteiger partial charge in [0.2, 0.25) is 0 Å². The van der Waals surface area contributed by atoms with Gasteiger partial charge in [0, 0.05) is 12.1 Å².